The molecular formula is C25H35N7O3. The van der Waals surface area contributed by atoms with Gasteiger partial charge in [0.05, 0.1) is 13.3 Å². The van der Waals surface area contributed by atoms with Gasteiger partial charge in [-0.25, -0.2) is 4.98 Å². The molecule has 0 unspecified atom stereocenters. The lowest BCUT2D eigenvalue weighted by molar-refractivity contribution is -0.120. The summed E-state index contributed by atoms with van der Waals surface area (Å²) in [7, 11) is 1.57. The number of fused-ring (bicyclic) bond motifs is 1. The van der Waals surface area contributed by atoms with E-state index >= 15 is 0 Å². The summed E-state index contributed by atoms with van der Waals surface area (Å²) in [4.78, 5) is 38.1. The topological polar surface area (TPSA) is 128 Å². The van der Waals surface area contributed by atoms with Gasteiger partial charge in [-0.1, -0.05) is 19.9 Å². The van der Waals surface area contributed by atoms with Crippen molar-refractivity contribution in [3.63, 3.8) is 0 Å². The number of ether oxygens (including phenoxy) is 1. The largest absolute Gasteiger partial charge is 0.481 e. The standard InChI is InChI=1S/C15H20N4O2.C10H15N3O/c1-3-11-9-18(10-11)6-7-19-14(20)8-16-12-4-5-13(21-2)17-15(12)19;1-7(5-11)12-6-9-3-4-10(14)13-8(9)2/h4-5,8,11H,3,6-7,9-10H2,1-2H3;6H,2-5,11H2,1H3,(H,13,14)/b;9-6-,12-7?. The van der Waals surface area contributed by atoms with Crippen LogP contribution >= 0.6 is 0 Å². The summed E-state index contributed by atoms with van der Waals surface area (Å²) in [6, 6.07) is 3.58. The van der Waals surface area contributed by atoms with Gasteiger partial charge in [0.15, 0.2) is 5.65 Å². The second-order valence-electron chi connectivity index (χ2n) is 8.73. The Balaban J connectivity index is 0.000000214. The summed E-state index contributed by atoms with van der Waals surface area (Å²) in [5, 5.41) is 2.67. The number of hydrogen-bond acceptors (Lipinski definition) is 8. The fourth-order valence-corrected chi connectivity index (χ4v) is 3.80. The van der Waals surface area contributed by atoms with Crippen molar-refractivity contribution in [2.75, 3.05) is 33.3 Å². The number of rotatable bonds is 7. The quantitative estimate of drug-likeness (QED) is 0.578. The maximum absolute atomic E-state index is 12.1. The Morgan fingerprint density at radius 3 is 2.74 bits per heavy atom. The highest BCUT2D eigenvalue weighted by atomic mass is 16.5. The zero-order chi connectivity index (χ0) is 25.4. The van der Waals surface area contributed by atoms with Crippen LogP contribution in [0, 0.1) is 5.92 Å². The van der Waals surface area contributed by atoms with Crippen molar-refractivity contribution in [1.82, 2.24) is 24.8 Å². The van der Waals surface area contributed by atoms with Crippen molar-refractivity contribution in [3.8, 4) is 5.88 Å². The number of aromatic nitrogens is 3. The van der Waals surface area contributed by atoms with E-state index in [1.165, 1.54) is 12.6 Å². The fourth-order valence-electron chi connectivity index (χ4n) is 3.80. The Hall–Kier alpha value is -3.37. The number of aliphatic imine (C=N–C) groups is 1. The van der Waals surface area contributed by atoms with Crippen LogP contribution in [-0.2, 0) is 11.3 Å². The molecule has 0 saturated carbocycles. The smallest absolute Gasteiger partial charge is 0.270 e. The predicted molar refractivity (Wildman–Crippen MR) is 137 cm³/mol. The summed E-state index contributed by atoms with van der Waals surface area (Å²) in [6.45, 7) is 12.0. The molecule has 2 aliphatic heterocycles. The van der Waals surface area contributed by atoms with Crippen molar-refractivity contribution in [2.45, 2.75) is 39.7 Å². The van der Waals surface area contributed by atoms with E-state index in [4.69, 9.17) is 10.5 Å². The molecule has 0 bridgehead atoms. The second-order valence-corrected chi connectivity index (χ2v) is 8.73. The minimum atomic E-state index is -0.115. The molecule has 0 aromatic carbocycles. The van der Waals surface area contributed by atoms with E-state index in [2.05, 4.69) is 38.7 Å². The molecule has 0 aliphatic carbocycles. The summed E-state index contributed by atoms with van der Waals surface area (Å²) >= 11 is 0. The molecule has 35 heavy (non-hydrogen) atoms. The summed E-state index contributed by atoms with van der Waals surface area (Å²) in [6.07, 6.45) is 5.52. The average molecular weight is 482 g/mol. The number of hydrogen-bond donors (Lipinski definition) is 2. The number of amides is 1. The van der Waals surface area contributed by atoms with Crippen molar-refractivity contribution < 1.29 is 9.53 Å². The minimum Gasteiger partial charge on any atom is -0.481 e. The van der Waals surface area contributed by atoms with Gasteiger partial charge in [-0.15, -0.1) is 0 Å². The Kier molecular flexibility index (Phi) is 9.27. The van der Waals surface area contributed by atoms with Crippen molar-refractivity contribution in [2.24, 2.45) is 16.6 Å². The molecule has 1 amide bonds. The van der Waals surface area contributed by atoms with E-state index in [0.717, 1.165) is 36.8 Å². The van der Waals surface area contributed by atoms with E-state index in [0.29, 0.717) is 48.7 Å². The van der Waals surface area contributed by atoms with Crippen molar-refractivity contribution in [3.05, 3.63) is 52.7 Å². The van der Waals surface area contributed by atoms with Gasteiger partial charge >= 0.3 is 0 Å². The van der Waals surface area contributed by atoms with Crippen LogP contribution in [0.1, 0.15) is 33.1 Å². The number of methoxy groups -OCH3 is 1. The van der Waals surface area contributed by atoms with Gasteiger partial charge in [0.25, 0.3) is 5.56 Å². The van der Waals surface area contributed by atoms with Gasteiger partial charge in [-0.2, -0.15) is 4.98 Å². The summed E-state index contributed by atoms with van der Waals surface area (Å²) in [5.74, 6) is 1.33. The molecule has 3 N–H and O–H groups in total. The van der Waals surface area contributed by atoms with Crippen molar-refractivity contribution >= 4 is 22.8 Å². The molecule has 2 saturated heterocycles. The van der Waals surface area contributed by atoms with Crippen LogP contribution in [-0.4, -0.2) is 64.3 Å². The van der Waals surface area contributed by atoms with E-state index in [1.807, 2.05) is 13.0 Å². The van der Waals surface area contributed by atoms with Gasteiger partial charge in [0.2, 0.25) is 11.8 Å². The Bertz CT molecular complexity index is 1180. The van der Waals surface area contributed by atoms with E-state index in [1.54, 1.807) is 23.9 Å². The van der Waals surface area contributed by atoms with Gasteiger partial charge in [-0.05, 0) is 30.9 Å². The fraction of sp³-hybridized carbons (Fsp3) is 0.480. The van der Waals surface area contributed by atoms with E-state index < -0.39 is 0 Å². The van der Waals surface area contributed by atoms with E-state index in [9.17, 15) is 9.59 Å². The first kappa shape index (κ1) is 26.2. The number of likely N-dealkylation sites (tertiary alicyclic amines) is 1. The first-order chi connectivity index (χ1) is 16.8. The molecule has 2 aromatic rings. The SMILES string of the molecule is C=C1NC(=O)CC/C1=C/N=C(C)CN.CCC1CN(CCn2c(=O)cnc3ccc(OC)nc32)C1. The monoisotopic (exact) mass is 481 g/mol. The number of nitrogens with zero attached hydrogens (tertiary/aromatic N) is 5. The summed E-state index contributed by atoms with van der Waals surface area (Å²) < 4.78 is 6.82. The molecule has 4 heterocycles. The first-order valence-corrected chi connectivity index (χ1v) is 11.9. The lowest BCUT2D eigenvalue weighted by atomic mass is 9.98. The second kappa shape index (κ2) is 12.4. The molecule has 2 aromatic heterocycles. The van der Waals surface area contributed by atoms with Crippen LogP contribution in [0.5, 0.6) is 5.88 Å². The predicted octanol–water partition coefficient (Wildman–Crippen LogP) is 1.86. The normalized spacial score (nSPS) is 18.2. The van der Waals surface area contributed by atoms with Crippen LogP contribution < -0.4 is 21.3 Å². The number of carbonyl (C=O) groups excluding carboxylic acids is 1. The number of piperidine rings is 1. The summed E-state index contributed by atoms with van der Waals surface area (Å²) in [5.41, 5.74) is 9.06. The number of carbonyl (C=O) groups is 1. The van der Waals surface area contributed by atoms with Crippen LogP contribution in [0.15, 0.2) is 52.2 Å². The Morgan fingerprint density at radius 2 is 2.09 bits per heavy atom. The van der Waals surface area contributed by atoms with Crippen LogP contribution in [0.2, 0.25) is 0 Å². The molecule has 188 valence electrons. The van der Waals surface area contributed by atoms with Gasteiger partial charge < -0.3 is 20.7 Å². The highest BCUT2D eigenvalue weighted by Crippen LogP contribution is 2.19. The van der Waals surface area contributed by atoms with Crippen LogP contribution in [0.3, 0.4) is 0 Å². The number of allylic oxidation sites excluding steroid dienone is 1. The molecule has 2 fully saturated rings. The van der Waals surface area contributed by atoms with Crippen molar-refractivity contribution in [1.29, 1.82) is 0 Å². The van der Waals surface area contributed by atoms with Gasteiger partial charge in [0, 0.05) is 62.8 Å². The molecule has 0 spiro atoms. The van der Waals surface area contributed by atoms with E-state index in [-0.39, 0.29) is 11.5 Å². The minimum absolute atomic E-state index is 0.0201. The lowest BCUT2D eigenvalue weighted by Crippen LogP contribution is -2.47. The zero-order valence-corrected chi connectivity index (χ0v) is 20.8. The Morgan fingerprint density at radius 1 is 1.31 bits per heavy atom. The van der Waals surface area contributed by atoms with Gasteiger partial charge in [-0.3, -0.25) is 19.1 Å². The third-order valence-corrected chi connectivity index (χ3v) is 6.16. The first-order valence-electron chi connectivity index (χ1n) is 11.9. The molecule has 2 aliphatic rings. The zero-order valence-electron chi connectivity index (χ0n) is 20.8. The lowest BCUT2D eigenvalue weighted by Gasteiger charge is -2.38. The highest BCUT2D eigenvalue weighted by molar-refractivity contribution is 5.84. The molecule has 0 atom stereocenters. The average Bonchev–Trinajstić information content (AvgIpc) is 2.83. The number of pyridine rings is 1. The number of nitrogens with two attached hydrogens (primary N) is 1. The molecule has 10 heteroatoms. The molecule has 10 nitrogen and oxygen atoms in total. The molecular weight excluding hydrogens is 446 g/mol. The maximum atomic E-state index is 12.1. The van der Waals surface area contributed by atoms with Crippen LogP contribution in [0.4, 0.5) is 0 Å². The third kappa shape index (κ3) is 7.06. The third-order valence-electron chi connectivity index (χ3n) is 6.16. The molecule has 4 rings (SSSR count). The highest BCUT2D eigenvalue weighted by Gasteiger charge is 2.24. The molecule has 0 radical (unpaired) electrons. The Labute approximate surface area is 205 Å². The maximum Gasteiger partial charge on any atom is 0.270 e. The number of nitrogens with one attached hydrogen (secondary N) is 1. The van der Waals surface area contributed by atoms with Gasteiger partial charge in [0.1, 0.15) is 5.52 Å². The van der Waals surface area contributed by atoms with Crippen LogP contribution in [0.25, 0.3) is 11.2 Å².